The van der Waals surface area contributed by atoms with E-state index in [9.17, 15) is 27.6 Å². The molecule has 0 aliphatic carbocycles. The number of benzene rings is 2. The van der Waals surface area contributed by atoms with Crippen LogP contribution in [0, 0.1) is 17.5 Å². The van der Waals surface area contributed by atoms with E-state index in [-0.39, 0.29) is 43.7 Å². The highest BCUT2D eigenvalue weighted by molar-refractivity contribution is 5.92. The molecule has 0 bridgehead atoms. The summed E-state index contributed by atoms with van der Waals surface area (Å²) in [6.07, 6.45) is 2.20. The smallest absolute Gasteiger partial charge is 0.411 e. The van der Waals surface area contributed by atoms with E-state index in [1.807, 2.05) is 0 Å². The van der Waals surface area contributed by atoms with Crippen molar-refractivity contribution in [2.75, 3.05) is 18.5 Å². The van der Waals surface area contributed by atoms with Crippen LogP contribution in [0.15, 0.2) is 60.9 Å². The fourth-order valence-electron chi connectivity index (χ4n) is 4.88. The minimum Gasteiger partial charge on any atom is -0.444 e. The molecule has 2 unspecified atom stereocenters. The Labute approximate surface area is 248 Å². The second-order valence-corrected chi connectivity index (χ2v) is 11.4. The number of carbonyl (C=O) groups excluding carboxylic acids is 3. The van der Waals surface area contributed by atoms with E-state index in [1.54, 1.807) is 45.0 Å². The van der Waals surface area contributed by atoms with E-state index in [4.69, 9.17) is 9.47 Å². The number of carbonyl (C=O) groups is 3. The van der Waals surface area contributed by atoms with Gasteiger partial charge in [-0.2, -0.15) is 0 Å². The molecule has 3 aromatic rings. The van der Waals surface area contributed by atoms with Crippen molar-refractivity contribution in [1.82, 2.24) is 9.88 Å². The maximum atomic E-state index is 15.0. The van der Waals surface area contributed by atoms with Gasteiger partial charge in [-0.15, -0.1) is 0 Å². The Morgan fingerprint density at radius 2 is 1.65 bits per heavy atom. The first-order chi connectivity index (χ1) is 20.4. The van der Waals surface area contributed by atoms with Gasteiger partial charge in [0, 0.05) is 17.9 Å². The molecule has 0 radical (unpaired) electrons. The Bertz CT molecular complexity index is 1380. The van der Waals surface area contributed by atoms with Crippen LogP contribution in [0.25, 0.3) is 0 Å². The number of pyridine rings is 1. The average Bonchev–Trinajstić information content (AvgIpc) is 2.95. The van der Waals surface area contributed by atoms with E-state index in [0.29, 0.717) is 17.4 Å². The fourth-order valence-corrected chi connectivity index (χ4v) is 4.88. The van der Waals surface area contributed by atoms with E-state index >= 15 is 0 Å². The second kappa shape index (κ2) is 13.8. The van der Waals surface area contributed by atoms with Gasteiger partial charge in [-0.1, -0.05) is 24.3 Å². The Hall–Kier alpha value is -4.25. The highest BCUT2D eigenvalue weighted by Crippen LogP contribution is 2.30. The molecule has 2 heterocycles. The molecule has 2 aromatic carbocycles. The van der Waals surface area contributed by atoms with Gasteiger partial charge < -0.3 is 19.6 Å². The zero-order valence-corrected chi connectivity index (χ0v) is 24.2. The van der Waals surface area contributed by atoms with Gasteiger partial charge >= 0.3 is 6.09 Å². The summed E-state index contributed by atoms with van der Waals surface area (Å²) >= 11 is 0. The lowest BCUT2D eigenvalue weighted by atomic mass is 9.88. The van der Waals surface area contributed by atoms with Crippen molar-refractivity contribution < 1.29 is 37.0 Å². The zero-order chi connectivity index (χ0) is 31.1. The number of nitrogens with zero attached hydrogens (tertiary/aromatic N) is 2. The fraction of sp³-hybridized carbons (Fsp3) is 0.375. The highest BCUT2D eigenvalue weighted by Gasteiger charge is 2.35. The van der Waals surface area contributed by atoms with Crippen molar-refractivity contribution in [3.05, 3.63) is 95.1 Å². The summed E-state index contributed by atoms with van der Waals surface area (Å²) in [5.74, 6) is -2.46. The summed E-state index contributed by atoms with van der Waals surface area (Å²) in [6, 6.07) is 10.6. The van der Waals surface area contributed by atoms with Gasteiger partial charge in [-0.3, -0.25) is 14.7 Å². The molecule has 1 aliphatic rings. The molecule has 1 N–H and O–H groups in total. The van der Waals surface area contributed by atoms with Gasteiger partial charge in [0.05, 0.1) is 37.3 Å². The number of morpholine rings is 1. The van der Waals surface area contributed by atoms with Gasteiger partial charge in [0.15, 0.2) is 0 Å². The monoisotopic (exact) mass is 597 g/mol. The molecule has 11 heteroatoms. The number of anilines is 1. The third-order valence-electron chi connectivity index (χ3n) is 7.02. The molecule has 43 heavy (non-hydrogen) atoms. The number of halogens is 3. The van der Waals surface area contributed by atoms with E-state index in [1.165, 1.54) is 35.4 Å². The number of rotatable bonds is 9. The van der Waals surface area contributed by atoms with Crippen LogP contribution in [0.5, 0.6) is 0 Å². The Morgan fingerprint density at radius 3 is 2.21 bits per heavy atom. The van der Waals surface area contributed by atoms with Crippen LogP contribution in [-0.4, -0.2) is 59.1 Å². The number of aromatic nitrogens is 1. The minimum atomic E-state index is -0.797. The van der Waals surface area contributed by atoms with E-state index in [2.05, 4.69) is 10.3 Å². The number of hydrogen-bond donors (Lipinski definition) is 1. The number of amides is 2. The maximum Gasteiger partial charge on any atom is 0.411 e. The lowest BCUT2D eigenvalue weighted by Crippen LogP contribution is -2.54. The van der Waals surface area contributed by atoms with Crippen LogP contribution in [-0.2, 0) is 25.5 Å². The standard InChI is InChI=1S/C32H34F3N3O5/c1-32(2,3)43-31(41)38-17-25(42-19-24(38)18-39)12-13-26-28(35)15-36-16-29(26)37-30(40)14-27(20-4-8-22(33)9-5-20)21-6-10-23(34)11-7-21/h4-11,15-16,18,24-25,27H,12-14,17,19H2,1-3H3,(H,37,40). The Balaban J connectivity index is 1.46. The second-order valence-electron chi connectivity index (χ2n) is 11.4. The molecule has 8 nitrogen and oxygen atoms in total. The van der Waals surface area contributed by atoms with E-state index < -0.39 is 53.1 Å². The van der Waals surface area contributed by atoms with Crippen LogP contribution in [0.2, 0.25) is 0 Å². The predicted octanol–water partition coefficient (Wildman–Crippen LogP) is 5.80. The third kappa shape index (κ3) is 8.63. The summed E-state index contributed by atoms with van der Waals surface area (Å²) in [7, 11) is 0. The predicted molar refractivity (Wildman–Crippen MR) is 153 cm³/mol. The topological polar surface area (TPSA) is 97.8 Å². The van der Waals surface area contributed by atoms with Gasteiger partial charge in [-0.25, -0.2) is 18.0 Å². The van der Waals surface area contributed by atoms with Crippen molar-refractivity contribution >= 4 is 24.0 Å². The van der Waals surface area contributed by atoms with Crippen LogP contribution >= 0.6 is 0 Å². The first kappa shape index (κ1) is 31.7. The largest absolute Gasteiger partial charge is 0.444 e. The molecule has 2 atom stereocenters. The van der Waals surface area contributed by atoms with Crippen molar-refractivity contribution in [1.29, 1.82) is 0 Å². The zero-order valence-electron chi connectivity index (χ0n) is 24.2. The average molecular weight is 598 g/mol. The first-order valence-corrected chi connectivity index (χ1v) is 13.9. The van der Waals surface area contributed by atoms with Crippen LogP contribution in [0.1, 0.15) is 56.2 Å². The lowest BCUT2D eigenvalue weighted by Gasteiger charge is -2.38. The van der Waals surface area contributed by atoms with Crippen LogP contribution in [0.4, 0.5) is 23.7 Å². The molecule has 0 saturated carbocycles. The summed E-state index contributed by atoms with van der Waals surface area (Å²) < 4.78 is 53.4. The molecule has 2 amide bonds. The van der Waals surface area contributed by atoms with Crippen molar-refractivity contribution in [3.63, 3.8) is 0 Å². The first-order valence-electron chi connectivity index (χ1n) is 13.9. The quantitative estimate of drug-likeness (QED) is 0.314. The van der Waals surface area contributed by atoms with E-state index in [0.717, 1.165) is 6.20 Å². The Morgan fingerprint density at radius 1 is 1.05 bits per heavy atom. The molecular weight excluding hydrogens is 563 g/mol. The van der Waals surface area contributed by atoms with Gasteiger partial charge in [0.25, 0.3) is 0 Å². The van der Waals surface area contributed by atoms with Crippen molar-refractivity contribution in [2.45, 2.75) is 63.7 Å². The summed E-state index contributed by atoms with van der Waals surface area (Å²) in [4.78, 5) is 42.7. The van der Waals surface area contributed by atoms with Crippen molar-refractivity contribution in [3.8, 4) is 0 Å². The van der Waals surface area contributed by atoms with Crippen LogP contribution in [0.3, 0.4) is 0 Å². The molecule has 4 rings (SSSR count). The van der Waals surface area contributed by atoms with Gasteiger partial charge in [-0.05, 0) is 69.0 Å². The molecule has 1 aliphatic heterocycles. The molecule has 0 spiro atoms. The SMILES string of the molecule is CC(C)(C)OC(=O)N1CC(CCc2c(F)cncc2NC(=O)CC(c2ccc(F)cc2)c2ccc(F)cc2)OCC1C=O. The lowest BCUT2D eigenvalue weighted by molar-refractivity contribution is -0.123. The Kier molecular flexibility index (Phi) is 10.2. The molecule has 1 fully saturated rings. The van der Waals surface area contributed by atoms with Crippen LogP contribution < -0.4 is 5.32 Å². The van der Waals surface area contributed by atoms with Crippen molar-refractivity contribution in [2.24, 2.45) is 0 Å². The highest BCUT2D eigenvalue weighted by atomic mass is 19.1. The third-order valence-corrected chi connectivity index (χ3v) is 7.02. The van der Waals surface area contributed by atoms with Gasteiger partial charge in [0.1, 0.15) is 35.4 Å². The normalized spacial score (nSPS) is 17.0. The summed E-state index contributed by atoms with van der Waals surface area (Å²) in [5, 5.41) is 2.74. The summed E-state index contributed by atoms with van der Waals surface area (Å²) in [5.41, 5.74) is 0.926. The molecular formula is C32H34F3N3O5. The maximum absolute atomic E-state index is 15.0. The number of ether oxygens (including phenoxy) is 2. The number of aldehydes is 1. The van der Waals surface area contributed by atoms with Gasteiger partial charge in [0.2, 0.25) is 5.91 Å². The minimum absolute atomic E-state index is 0.0238. The summed E-state index contributed by atoms with van der Waals surface area (Å²) in [6.45, 7) is 5.22. The molecule has 1 saturated heterocycles. The molecule has 228 valence electrons. The number of hydrogen-bond acceptors (Lipinski definition) is 6. The number of nitrogens with one attached hydrogen (secondary N) is 1. The molecule has 1 aromatic heterocycles.